The summed E-state index contributed by atoms with van der Waals surface area (Å²) in [6.45, 7) is 5.97. The second-order valence-corrected chi connectivity index (χ2v) is 9.67. The number of carbonyl (C=O) groups excluding carboxylic acids is 1. The number of aromatic nitrogens is 1. The Bertz CT molecular complexity index is 1440. The van der Waals surface area contributed by atoms with Crippen LogP contribution in [0.2, 0.25) is 0 Å². The molecule has 5 rings (SSSR count). The van der Waals surface area contributed by atoms with Gasteiger partial charge in [0, 0.05) is 44.5 Å². The van der Waals surface area contributed by atoms with Crippen LogP contribution in [-0.4, -0.2) is 67.2 Å². The Kier molecular flexibility index (Phi) is 8.13. The Morgan fingerprint density at radius 2 is 1.54 bits per heavy atom. The summed E-state index contributed by atoms with van der Waals surface area (Å²) in [7, 11) is 3.31. The number of nitrogens with zero attached hydrogens (tertiary/aromatic N) is 3. The number of ether oxygens (including phenoxy) is 2. The van der Waals surface area contributed by atoms with Crippen molar-refractivity contribution in [3.05, 3.63) is 108 Å². The number of rotatable bonds is 8. The number of benzene rings is 3. The molecule has 1 saturated heterocycles. The van der Waals surface area contributed by atoms with Crippen LogP contribution < -0.4 is 9.47 Å². The van der Waals surface area contributed by atoms with Crippen LogP contribution in [0.15, 0.2) is 91.0 Å². The standard InChI is InChI=1S/C33H35N3O3/c1-25-29(33(37)35-21-19-34(20-22-35)18-10-13-26-11-6-4-7-12-26)24-30(27-14-8-5-9-15-27)36(25)31-23-28(38-2)16-17-32(31)39-3/h4-17,23-24H,18-22H2,1-3H3/b13-10+. The van der Waals surface area contributed by atoms with E-state index in [1.165, 1.54) is 5.56 Å². The van der Waals surface area contributed by atoms with Crippen LogP contribution in [0, 0.1) is 6.92 Å². The minimum Gasteiger partial charge on any atom is -0.497 e. The van der Waals surface area contributed by atoms with E-state index in [2.05, 4.69) is 45.9 Å². The number of piperazine rings is 1. The van der Waals surface area contributed by atoms with Crippen molar-refractivity contribution in [2.24, 2.45) is 0 Å². The lowest BCUT2D eigenvalue weighted by atomic mass is 10.1. The van der Waals surface area contributed by atoms with E-state index < -0.39 is 0 Å². The summed E-state index contributed by atoms with van der Waals surface area (Å²) in [5.74, 6) is 1.50. The van der Waals surface area contributed by atoms with Crippen molar-refractivity contribution >= 4 is 12.0 Å². The monoisotopic (exact) mass is 521 g/mol. The first kappa shape index (κ1) is 26.3. The molecule has 4 aromatic rings. The summed E-state index contributed by atoms with van der Waals surface area (Å²) in [5, 5.41) is 0. The molecule has 0 spiro atoms. The normalized spacial score (nSPS) is 14.1. The molecular weight excluding hydrogens is 486 g/mol. The average Bonchev–Trinajstić information content (AvgIpc) is 3.34. The van der Waals surface area contributed by atoms with Crippen LogP contribution in [0.5, 0.6) is 11.5 Å². The molecule has 0 unspecified atom stereocenters. The van der Waals surface area contributed by atoms with Crippen molar-refractivity contribution in [1.29, 1.82) is 0 Å². The second kappa shape index (κ2) is 12.0. The van der Waals surface area contributed by atoms with Crippen LogP contribution in [0.1, 0.15) is 21.6 Å². The molecule has 200 valence electrons. The Labute approximate surface area is 230 Å². The van der Waals surface area contributed by atoms with Gasteiger partial charge in [0.25, 0.3) is 5.91 Å². The van der Waals surface area contributed by atoms with Crippen LogP contribution in [0.4, 0.5) is 0 Å². The van der Waals surface area contributed by atoms with E-state index in [1.807, 2.05) is 72.5 Å². The van der Waals surface area contributed by atoms with Gasteiger partial charge in [0.15, 0.2) is 0 Å². The summed E-state index contributed by atoms with van der Waals surface area (Å²) < 4.78 is 13.3. The predicted molar refractivity (Wildman–Crippen MR) is 157 cm³/mol. The first-order valence-electron chi connectivity index (χ1n) is 13.3. The highest BCUT2D eigenvalue weighted by Crippen LogP contribution is 2.36. The molecule has 6 nitrogen and oxygen atoms in total. The third-order valence-electron chi connectivity index (χ3n) is 7.31. The maximum atomic E-state index is 13.9. The van der Waals surface area contributed by atoms with Gasteiger partial charge in [-0.05, 0) is 36.2 Å². The summed E-state index contributed by atoms with van der Waals surface area (Å²) in [5.41, 5.74) is 5.58. The fourth-order valence-electron chi connectivity index (χ4n) is 5.13. The first-order valence-corrected chi connectivity index (χ1v) is 13.3. The van der Waals surface area contributed by atoms with Crippen molar-refractivity contribution in [3.63, 3.8) is 0 Å². The summed E-state index contributed by atoms with van der Waals surface area (Å²) in [6.07, 6.45) is 4.35. The topological polar surface area (TPSA) is 46.9 Å². The van der Waals surface area contributed by atoms with E-state index in [-0.39, 0.29) is 5.91 Å². The van der Waals surface area contributed by atoms with Gasteiger partial charge in [-0.1, -0.05) is 72.8 Å². The van der Waals surface area contributed by atoms with E-state index in [9.17, 15) is 4.79 Å². The van der Waals surface area contributed by atoms with Gasteiger partial charge in [0.05, 0.1) is 31.2 Å². The highest BCUT2D eigenvalue weighted by atomic mass is 16.5. The smallest absolute Gasteiger partial charge is 0.255 e. The van der Waals surface area contributed by atoms with Gasteiger partial charge in [0.2, 0.25) is 0 Å². The SMILES string of the molecule is COc1ccc(OC)c(-n2c(-c3ccccc3)cc(C(=O)N3CCN(C/C=C/c4ccccc4)CC3)c2C)c1. The largest absolute Gasteiger partial charge is 0.497 e. The molecule has 0 atom stereocenters. The summed E-state index contributed by atoms with van der Waals surface area (Å²) >= 11 is 0. The molecule has 1 amide bonds. The van der Waals surface area contributed by atoms with E-state index in [4.69, 9.17) is 9.47 Å². The lowest BCUT2D eigenvalue weighted by Crippen LogP contribution is -2.48. The number of carbonyl (C=O) groups is 1. The molecule has 1 aliphatic heterocycles. The van der Waals surface area contributed by atoms with Crippen LogP contribution in [-0.2, 0) is 0 Å². The Morgan fingerprint density at radius 1 is 0.846 bits per heavy atom. The van der Waals surface area contributed by atoms with Gasteiger partial charge < -0.3 is 18.9 Å². The van der Waals surface area contributed by atoms with E-state index in [1.54, 1.807) is 14.2 Å². The van der Waals surface area contributed by atoms with Gasteiger partial charge in [0.1, 0.15) is 11.5 Å². The summed E-state index contributed by atoms with van der Waals surface area (Å²) in [6, 6.07) is 28.2. The lowest BCUT2D eigenvalue weighted by Gasteiger charge is -2.34. The van der Waals surface area contributed by atoms with E-state index in [0.29, 0.717) is 24.4 Å². The Hall–Kier alpha value is -4.29. The molecule has 2 heterocycles. The first-order chi connectivity index (χ1) is 19.1. The fourth-order valence-corrected chi connectivity index (χ4v) is 5.13. The van der Waals surface area contributed by atoms with Gasteiger partial charge >= 0.3 is 0 Å². The number of hydrogen-bond acceptors (Lipinski definition) is 4. The molecule has 1 fully saturated rings. The minimum absolute atomic E-state index is 0.0600. The van der Waals surface area contributed by atoms with Gasteiger partial charge in [-0.25, -0.2) is 0 Å². The highest BCUT2D eigenvalue weighted by Gasteiger charge is 2.27. The number of methoxy groups -OCH3 is 2. The second-order valence-electron chi connectivity index (χ2n) is 9.67. The zero-order valence-electron chi connectivity index (χ0n) is 22.8. The number of amides is 1. The lowest BCUT2D eigenvalue weighted by molar-refractivity contribution is 0.0649. The van der Waals surface area contributed by atoms with Gasteiger partial charge in [-0.2, -0.15) is 0 Å². The van der Waals surface area contributed by atoms with E-state index >= 15 is 0 Å². The average molecular weight is 522 g/mol. The fraction of sp³-hybridized carbons (Fsp3) is 0.242. The quantitative estimate of drug-likeness (QED) is 0.288. The molecule has 0 radical (unpaired) electrons. The molecule has 0 N–H and O–H groups in total. The molecule has 39 heavy (non-hydrogen) atoms. The molecule has 0 saturated carbocycles. The van der Waals surface area contributed by atoms with Crippen molar-refractivity contribution in [1.82, 2.24) is 14.4 Å². The van der Waals surface area contributed by atoms with Crippen LogP contribution in [0.25, 0.3) is 23.0 Å². The predicted octanol–water partition coefficient (Wildman–Crippen LogP) is 5.94. The highest BCUT2D eigenvalue weighted by molar-refractivity contribution is 5.97. The molecule has 1 aliphatic rings. The van der Waals surface area contributed by atoms with Crippen molar-refractivity contribution in [3.8, 4) is 28.4 Å². The van der Waals surface area contributed by atoms with Gasteiger partial charge in [-0.3, -0.25) is 9.69 Å². The Morgan fingerprint density at radius 3 is 2.21 bits per heavy atom. The zero-order chi connectivity index (χ0) is 27.2. The summed E-state index contributed by atoms with van der Waals surface area (Å²) in [4.78, 5) is 18.2. The molecular formula is C33H35N3O3. The molecule has 6 heteroatoms. The van der Waals surface area contributed by atoms with Gasteiger partial charge in [-0.15, -0.1) is 0 Å². The maximum absolute atomic E-state index is 13.9. The Balaban J connectivity index is 1.39. The third kappa shape index (κ3) is 5.76. The van der Waals surface area contributed by atoms with Crippen molar-refractivity contribution in [2.75, 3.05) is 46.9 Å². The van der Waals surface area contributed by atoms with Crippen molar-refractivity contribution in [2.45, 2.75) is 6.92 Å². The van der Waals surface area contributed by atoms with Crippen LogP contribution >= 0.6 is 0 Å². The maximum Gasteiger partial charge on any atom is 0.255 e. The molecule has 0 bridgehead atoms. The van der Waals surface area contributed by atoms with Crippen LogP contribution in [0.3, 0.4) is 0 Å². The molecule has 1 aromatic heterocycles. The number of hydrogen-bond donors (Lipinski definition) is 0. The molecule has 0 aliphatic carbocycles. The zero-order valence-corrected chi connectivity index (χ0v) is 22.8. The molecule has 3 aromatic carbocycles. The van der Waals surface area contributed by atoms with E-state index in [0.717, 1.165) is 48.0 Å². The van der Waals surface area contributed by atoms with Crippen molar-refractivity contribution < 1.29 is 14.3 Å². The minimum atomic E-state index is 0.0600. The third-order valence-corrected chi connectivity index (χ3v) is 7.31.